The van der Waals surface area contributed by atoms with Crippen LogP contribution in [0.25, 0.3) is 33.4 Å². The van der Waals surface area contributed by atoms with Gasteiger partial charge in [0, 0.05) is 54.5 Å². The van der Waals surface area contributed by atoms with Gasteiger partial charge >= 0.3 is 0 Å². The Labute approximate surface area is 282 Å². The van der Waals surface area contributed by atoms with E-state index in [-0.39, 0.29) is 29.2 Å². The van der Waals surface area contributed by atoms with Crippen molar-refractivity contribution >= 4 is 28.7 Å². The van der Waals surface area contributed by atoms with E-state index < -0.39 is 6.04 Å². The second-order valence-corrected chi connectivity index (χ2v) is 11.5. The highest BCUT2D eigenvalue weighted by atomic mass is 16.5. The van der Waals surface area contributed by atoms with E-state index >= 15 is 0 Å². The molecule has 6 rings (SSSR count). The van der Waals surface area contributed by atoms with Gasteiger partial charge in [-0.25, -0.2) is 9.97 Å². The molecule has 0 saturated heterocycles. The first kappa shape index (κ1) is 33.0. The highest BCUT2D eigenvalue weighted by molar-refractivity contribution is 5.96. The first-order valence-electron chi connectivity index (χ1n) is 15.9. The predicted octanol–water partition coefficient (Wildman–Crippen LogP) is 4.84. The molecule has 49 heavy (non-hydrogen) atoms. The Balaban J connectivity index is 1.53. The standard InChI is InChI=1S/C37H37N5O7/c1-21(43)42-28-12-11-23-17-30(46-2)35(47-3)36(48-4)32(23)25-18-26-27(20-31(45)38-15-16-41-37-39-13-8-14-40-37)33(22-9-6-5-7-10-22)49-34(26)29(44)19-24(25)28/h5-10,13-14,17-19,28H,11-12,15-16,20H2,1-4H3,(H,38,45)(H,42,43)(H,39,40,41)/t28-/m0/s1. The third kappa shape index (κ3) is 6.75. The normalized spacial score (nSPS) is 13.4. The number of furan rings is 1. The molecule has 0 radical (unpaired) electrons. The molecule has 252 valence electrons. The largest absolute Gasteiger partial charge is 0.493 e. The number of aromatic nitrogens is 2. The summed E-state index contributed by atoms with van der Waals surface area (Å²) in [7, 11) is 4.64. The number of nitrogens with zero attached hydrogens (tertiary/aromatic N) is 2. The third-order valence-corrected chi connectivity index (χ3v) is 8.46. The maximum absolute atomic E-state index is 14.1. The van der Waals surface area contributed by atoms with Gasteiger partial charge < -0.3 is 34.6 Å². The molecule has 1 atom stereocenters. The lowest BCUT2D eigenvalue weighted by Crippen LogP contribution is -2.30. The fourth-order valence-electron chi connectivity index (χ4n) is 6.37. The van der Waals surface area contributed by atoms with Crippen molar-refractivity contribution in [2.24, 2.45) is 0 Å². The average Bonchev–Trinajstić information content (AvgIpc) is 3.31. The summed E-state index contributed by atoms with van der Waals surface area (Å²) in [6, 6.07) is 15.9. The monoisotopic (exact) mass is 663 g/mol. The second kappa shape index (κ2) is 14.5. The van der Waals surface area contributed by atoms with Crippen molar-refractivity contribution in [2.75, 3.05) is 39.7 Å². The minimum Gasteiger partial charge on any atom is -0.493 e. The second-order valence-electron chi connectivity index (χ2n) is 11.5. The van der Waals surface area contributed by atoms with E-state index in [1.165, 1.54) is 20.1 Å². The zero-order chi connectivity index (χ0) is 34.5. The Morgan fingerprint density at radius 2 is 1.69 bits per heavy atom. The van der Waals surface area contributed by atoms with Crippen LogP contribution in [-0.4, -0.2) is 56.2 Å². The zero-order valence-electron chi connectivity index (χ0n) is 27.7. The molecule has 5 aromatic rings. The lowest BCUT2D eigenvalue weighted by Gasteiger charge is -2.20. The number of rotatable bonds is 11. The number of benzene rings is 2. The average molecular weight is 664 g/mol. The van der Waals surface area contributed by atoms with Crippen molar-refractivity contribution in [3.8, 4) is 39.7 Å². The van der Waals surface area contributed by atoms with Crippen LogP contribution in [0.3, 0.4) is 0 Å². The molecule has 1 aliphatic rings. The van der Waals surface area contributed by atoms with Gasteiger partial charge in [0.2, 0.25) is 28.9 Å². The van der Waals surface area contributed by atoms with Crippen molar-refractivity contribution in [3.63, 3.8) is 0 Å². The summed E-state index contributed by atoms with van der Waals surface area (Å²) in [5.74, 6) is 1.70. The van der Waals surface area contributed by atoms with Gasteiger partial charge in [0.1, 0.15) is 5.76 Å². The van der Waals surface area contributed by atoms with Gasteiger partial charge in [0.25, 0.3) is 0 Å². The van der Waals surface area contributed by atoms with Crippen molar-refractivity contribution < 1.29 is 28.2 Å². The number of aryl methyl sites for hydroxylation is 1. The molecule has 2 aromatic heterocycles. The first-order chi connectivity index (χ1) is 23.8. The fraction of sp³-hybridized carbons (Fsp3) is 0.270. The fourth-order valence-corrected chi connectivity index (χ4v) is 6.37. The lowest BCUT2D eigenvalue weighted by molar-refractivity contribution is -0.120. The topological polar surface area (TPSA) is 154 Å². The number of amides is 2. The molecule has 0 spiro atoms. The molecule has 0 bridgehead atoms. The van der Waals surface area contributed by atoms with Crippen molar-refractivity contribution in [1.29, 1.82) is 0 Å². The molecule has 12 nitrogen and oxygen atoms in total. The van der Waals surface area contributed by atoms with Crippen LogP contribution in [0.2, 0.25) is 0 Å². The third-order valence-electron chi connectivity index (χ3n) is 8.46. The molecule has 3 aromatic carbocycles. The van der Waals surface area contributed by atoms with Crippen LogP contribution in [-0.2, 0) is 22.4 Å². The van der Waals surface area contributed by atoms with Crippen LogP contribution < -0.4 is 35.6 Å². The molecule has 0 saturated carbocycles. The van der Waals surface area contributed by atoms with E-state index in [1.54, 1.807) is 32.7 Å². The highest BCUT2D eigenvalue weighted by Crippen LogP contribution is 2.51. The Hall–Kier alpha value is -5.91. The van der Waals surface area contributed by atoms with Crippen LogP contribution >= 0.6 is 0 Å². The summed E-state index contributed by atoms with van der Waals surface area (Å²) < 4.78 is 23.7. The van der Waals surface area contributed by atoms with E-state index in [0.29, 0.717) is 82.5 Å². The smallest absolute Gasteiger partial charge is 0.224 e. The molecule has 3 N–H and O–H groups in total. The molecule has 0 unspecified atom stereocenters. The summed E-state index contributed by atoms with van der Waals surface area (Å²) in [4.78, 5) is 48.3. The summed E-state index contributed by atoms with van der Waals surface area (Å²) in [5, 5.41) is 9.52. The van der Waals surface area contributed by atoms with Gasteiger partial charge in [0.05, 0.1) is 33.8 Å². The van der Waals surface area contributed by atoms with E-state index in [9.17, 15) is 14.4 Å². The van der Waals surface area contributed by atoms with Crippen LogP contribution in [0.15, 0.2) is 76.2 Å². The first-order valence-corrected chi connectivity index (χ1v) is 15.9. The summed E-state index contributed by atoms with van der Waals surface area (Å²) in [5.41, 5.74) is 3.81. The minimum atomic E-state index is -0.493. The number of hydrogen-bond acceptors (Lipinski definition) is 10. The number of anilines is 1. The van der Waals surface area contributed by atoms with Gasteiger partial charge in [-0.1, -0.05) is 30.3 Å². The van der Waals surface area contributed by atoms with Gasteiger partial charge in [-0.15, -0.1) is 0 Å². The molecule has 0 aliphatic heterocycles. The number of carbonyl (C=O) groups excluding carboxylic acids is 2. The molecule has 1 aliphatic carbocycles. The summed E-state index contributed by atoms with van der Waals surface area (Å²) in [6.45, 7) is 2.17. The van der Waals surface area contributed by atoms with Crippen LogP contribution in [0.5, 0.6) is 17.2 Å². The van der Waals surface area contributed by atoms with Crippen LogP contribution in [0, 0.1) is 0 Å². The number of fused-ring (bicyclic) bond motifs is 4. The molecule has 12 heteroatoms. The predicted molar refractivity (Wildman–Crippen MR) is 185 cm³/mol. The Kier molecular flexibility index (Phi) is 9.74. The van der Waals surface area contributed by atoms with Crippen molar-refractivity contribution in [2.45, 2.75) is 32.2 Å². The Bertz CT molecular complexity index is 2070. The Morgan fingerprint density at radius 3 is 2.39 bits per heavy atom. The molecular formula is C37H37N5O7. The van der Waals surface area contributed by atoms with E-state index in [1.807, 2.05) is 42.5 Å². The van der Waals surface area contributed by atoms with Crippen LogP contribution in [0.4, 0.5) is 5.95 Å². The number of hydrogen-bond donors (Lipinski definition) is 3. The number of nitrogens with one attached hydrogen (secondary N) is 3. The minimum absolute atomic E-state index is 0.0671. The molecule has 2 amide bonds. The van der Waals surface area contributed by atoms with Gasteiger partial charge in [-0.3, -0.25) is 14.4 Å². The van der Waals surface area contributed by atoms with Gasteiger partial charge in [-0.05, 0) is 53.8 Å². The van der Waals surface area contributed by atoms with E-state index in [4.69, 9.17) is 18.6 Å². The molecule has 2 heterocycles. The number of methoxy groups -OCH3 is 3. The van der Waals surface area contributed by atoms with E-state index in [0.717, 1.165) is 11.1 Å². The van der Waals surface area contributed by atoms with Crippen molar-refractivity contribution in [3.05, 3.63) is 93.9 Å². The van der Waals surface area contributed by atoms with E-state index in [2.05, 4.69) is 25.9 Å². The summed E-state index contributed by atoms with van der Waals surface area (Å²) >= 11 is 0. The van der Waals surface area contributed by atoms with Crippen molar-refractivity contribution in [1.82, 2.24) is 20.6 Å². The molecule has 0 fully saturated rings. The number of carbonyl (C=O) groups is 2. The number of ether oxygens (including phenoxy) is 3. The summed E-state index contributed by atoms with van der Waals surface area (Å²) in [6.07, 6.45) is 4.25. The SMILES string of the molecule is COc1cc2c(c(OC)c1OC)-c1cc3c(CC(=O)NCCNc4ncccn4)c(-c4ccccc4)oc3c(=O)cc1[C@@H](NC(C)=O)CC2. The molecular weight excluding hydrogens is 626 g/mol. The van der Waals surface area contributed by atoms with Gasteiger partial charge in [0.15, 0.2) is 17.1 Å². The lowest BCUT2D eigenvalue weighted by atomic mass is 9.94. The maximum atomic E-state index is 14.1. The quantitative estimate of drug-likeness (QED) is 0.167. The zero-order valence-corrected chi connectivity index (χ0v) is 27.7. The maximum Gasteiger partial charge on any atom is 0.224 e. The van der Waals surface area contributed by atoms with Crippen LogP contribution in [0.1, 0.15) is 36.1 Å². The van der Waals surface area contributed by atoms with Gasteiger partial charge in [-0.2, -0.15) is 0 Å². The highest BCUT2D eigenvalue weighted by Gasteiger charge is 2.31. The Morgan fingerprint density at radius 1 is 0.939 bits per heavy atom.